The average molecular weight is 375 g/mol. The van der Waals surface area contributed by atoms with Crippen molar-refractivity contribution in [3.8, 4) is 17.2 Å². The van der Waals surface area contributed by atoms with Crippen molar-refractivity contribution in [2.75, 3.05) is 32.8 Å². The molecular weight excluding hydrogens is 356 g/mol. The van der Waals surface area contributed by atoms with Gasteiger partial charge in [-0.1, -0.05) is 6.07 Å². The van der Waals surface area contributed by atoms with E-state index in [0.29, 0.717) is 23.6 Å². The Hall–Kier alpha value is -2.58. The highest BCUT2D eigenvalue weighted by Gasteiger charge is 2.26. The molecule has 4 rings (SSSR count). The summed E-state index contributed by atoms with van der Waals surface area (Å²) < 4.78 is 13.0. The van der Waals surface area contributed by atoms with E-state index in [4.69, 9.17) is 20.8 Å². The molecule has 0 saturated carbocycles. The van der Waals surface area contributed by atoms with Crippen molar-refractivity contribution in [3.05, 3.63) is 41.1 Å². The lowest BCUT2D eigenvalue weighted by Crippen LogP contribution is -2.38. The smallest absolute Gasteiger partial charge is 0.247 e. The molecule has 0 bridgehead atoms. The second-order valence-electron chi connectivity index (χ2n) is 6.32. The van der Waals surface area contributed by atoms with Gasteiger partial charge in [-0.05, 0) is 36.8 Å². The summed E-state index contributed by atoms with van der Waals surface area (Å²) >= 11 is 6.36. The van der Waals surface area contributed by atoms with Crippen LogP contribution in [0.1, 0.15) is 11.6 Å². The summed E-state index contributed by atoms with van der Waals surface area (Å²) in [5, 5.41) is 8.72. The quantitative estimate of drug-likeness (QED) is 0.694. The molecule has 2 aromatic heterocycles. The third kappa shape index (κ3) is 3.02. The Kier molecular flexibility index (Phi) is 4.29. The molecule has 1 aliphatic heterocycles. The van der Waals surface area contributed by atoms with E-state index < -0.39 is 0 Å². The second-order valence-corrected chi connectivity index (χ2v) is 6.66. The summed E-state index contributed by atoms with van der Waals surface area (Å²) in [7, 11) is 5.67. The monoisotopic (exact) mass is 374 g/mol. The third-order valence-corrected chi connectivity index (χ3v) is 4.61. The van der Waals surface area contributed by atoms with Crippen molar-refractivity contribution in [3.63, 3.8) is 0 Å². The lowest BCUT2D eigenvalue weighted by Gasteiger charge is -2.31. The molecule has 1 aromatic carbocycles. The van der Waals surface area contributed by atoms with Crippen molar-refractivity contribution in [1.29, 1.82) is 0 Å². The summed E-state index contributed by atoms with van der Waals surface area (Å²) in [6.45, 7) is 1.94. The maximum Gasteiger partial charge on any atom is 0.247 e. The fraction of sp³-hybridized carbons (Fsp3) is 0.353. The van der Waals surface area contributed by atoms with E-state index in [1.54, 1.807) is 7.11 Å². The Bertz CT molecular complexity index is 937. The van der Waals surface area contributed by atoms with Crippen LogP contribution in [0.15, 0.2) is 28.7 Å². The van der Waals surface area contributed by atoms with E-state index >= 15 is 0 Å². The van der Waals surface area contributed by atoms with Crippen LogP contribution in [0.25, 0.3) is 11.5 Å². The van der Waals surface area contributed by atoms with Crippen LogP contribution in [0.4, 0.5) is 5.82 Å². The van der Waals surface area contributed by atoms with Gasteiger partial charge in [-0.3, -0.25) is 4.90 Å². The maximum atomic E-state index is 6.36. The van der Waals surface area contributed by atoms with Crippen molar-refractivity contribution < 1.29 is 9.15 Å². The van der Waals surface area contributed by atoms with Gasteiger partial charge in [0, 0.05) is 19.2 Å². The molecule has 3 aromatic rings. The zero-order valence-corrected chi connectivity index (χ0v) is 15.6. The Balaban J connectivity index is 1.62. The van der Waals surface area contributed by atoms with Gasteiger partial charge in [0.2, 0.25) is 17.1 Å². The molecular formula is C17H19ClN6O2. The minimum Gasteiger partial charge on any atom is -0.497 e. The molecule has 0 fully saturated rings. The van der Waals surface area contributed by atoms with Crippen LogP contribution in [-0.2, 0) is 13.1 Å². The van der Waals surface area contributed by atoms with Crippen LogP contribution < -0.4 is 9.64 Å². The van der Waals surface area contributed by atoms with Crippen LogP contribution in [-0.4, -0.2) is 52.5 Å². The first kappa shape index (κ1) is 16.9. The van der Waals surface area contributed by atoms with Gasteiger partial charge >= 0.3 is 0 Å². The lowest BCUT2D eigenvalue weighted by molar-refractivity contribution is 0.304. The lowest BCUT2D eigenvalue weighted by atomic mass is 10.2. The molecule has 136 valence electrons. The SMILES string of the molecule is COc1cccc(-c2nnc(Cn3c(Cl)nc4c3CN(C)CN4C)o2)c1. The summed E-state index contributed by atoms with van der Waals surface area (Å²) in [6, 6.07) is 7.50. The van der Waals surface area contributed by atoms with Gasteiger partial charge in [-0.25, -0.2) is 4.98 Å². The summed E-state index contributed by atoms with van der Waals surface area (Å²) in [5.41, 5.74) is 1.84. The van der Waals surface area contributed by atoms with E-state index in [2.05, 4.69) is 32.0 Å². The standard InChI is InChI=1S/C17H19ClN6O2/c1-22-8-13-15(23(2)10-22)19-17(18)24(13)9-14-20-21-16(26-14)11-5-4-6-12(7-11)25-3/h4-7H,8-10H2,1-3H3. The number of fused-ring (bicyclic) bond motifs is 1. The number of benzene rings is 1. The first-order valence-corrected chi connectivity index (χ1v) is 8.54. The molecule has 0 radical (unpaired) electrons. The highest BCUT2D eigenvalue weighted by atomic mass is 35.5. The normalized spacial score (nSPS) is 14.5. The molecule has 0 aliphatic carbocycles. The number of aromatic nitrogens is 4. The van der Waals surface area contributed by atoms with E-state index in [-0.39, 0.29) is 0 Å². The van der Waals surface area contributed by atoms with Crippen LogP contribution >= 0.6 is 11.6 Å². The molecule has 9 heteroatoms. The first-order valence-electron chi connectivity index (χ1n) is 8.16. The van der Waals surface area contributed by atoms with Crippen LogP contribution in [0.5, 0.6) is 5.75 Å². The topological polar surface area (TPSA) is 72.5 Å². The van der Waals surface area contributed by atoms with Crippen LogP contribution in [0.2, 0.25) is 5.28 Å². The number of nitrogens with zero attached hydrogens (tertiary/aromatic N) is 6. The Morgan fingerprint density at radius 2 is 2.12 bits per heavy atom. The molecule has 26 heavy (non-hydrogen) atoms. The summed E-state index contributed by atoms with van der Waals surface area (Å²) in [4.78, 5) is 8.72. The molecule has 0 spiro atoms. The molecule has 1 aliphatic rings. The highest BCUT2D eigenvalue weighted by molar-refractivity contribution is 6.28. The fourth-order valence-electron chi connectivity index (χ4n) is 3.13. The predicted molar refractivity (Wildman–Crippen MR) is 97.4 cm³/mol. The van der Waals surface area contributed by atoms with Gasteiger partial charge in [-0.2, -0.15) is 0 Å². The molecule has 0 atom stereocenters. The van der Waals surface area contributed by atoms with E-state index in [9.17, 15) is 0 Å². The zero-order chi connectivity index (χ0) is 18.3. The van der Waals surface area contributed by atoms with Crippen LogP contribution in [0, 0.1) is 0 Å². The van der Waals surface area contributed by atoms with E-state index in [0.717, 1.165) is 36.0 Å². The molecule has 0 amide bonds. The van der Waals surface area contributed by atoms with Crippen molar-refractivity contribution in [1.82, 2.24) is 24.6 Å². The average Bonchev–Trinajstić information content (AvgIpc) is 3.22. The largest absolute Gasteiger partial charge is 0.497 e. The van der Waals surface area contributed by atoms with Gasteiger partial charge in [0.25, 0.3) is 0 Å². The number of anilines is 1. The Morgan fingerprint density at radius 3 is 2.92 bits per heavy atom. The molecule has 3 heterocycles. The van der Waals surface area contributed by atoms with Gasteiger partial charge in [0.05, 0.1) is 19.5 Å². The summed E-state index contributed by atoms with van der Waals surface area (Å²) in [5.74, 6) is 2.54. The fourth-order valence-corrected chi connectivity index (χ4v) is 3.37. The van der Waals surface area contributed by atoms with Gasteiger partial charge in [0.1, 0.15) is 12.3 Å². The number of ether oxygens (including phenoxy) is 1. The first-order chi connectivity index (χ1) is 12.5. The number of methoxy groups -OCH3 is 1. The second kappa shape index (κ2) is 6.62. The molecule has 0 saturated heterocycles. The summed E-state index contributed by atoms with van der Waals surface area (Å²) in [6.07, 6.45) is 0. The number of imidazole rings is 1. The van der Waals surface area contributed by atoms with Crippen molar-refractivity contribution in [2.45, 2.75) is 13.1 Å². The minimum absolute atomic E-state index is 0.375. The number of rotatable bonds is 4. The molecule has 0 N–H and O–H groups in total. The number of halogens is 1. The zero-order valence-electron chi connectivity index (χ0n) is 14.8. The van der Waals surface area contributed by atoms with Crippen molar-refractivity contribution in [2.24, 2.45) is 0 Å². The number of hydrogen-bond donors (Lipinski definition) is 0. The van der Waals surface area contributed by atoms with Crippen molar-refractivity contribution >= 4 is 17.4 Å². The predicted octanol–water partition coefficient (Wildman–Crippen LogP) is 2.48. The van der Waals surface area contributed by atoms with Crippen LogP contribution in [0.3, 0.4) is 0 Å². The van der Waals surface area contributed by atoms with Gasteiger partial charge in [0.15, 0.2) is 5.82 Å². The molecule has 0 unspecified atom stereocenters. The Morgan fingerprint density at radius 1 is 1.27 bits per heavy atom. The van der Waals surface area contributed by atoms with E-state index in [1.165, 1.54) is 0 Å². The highest BCUT2D eigenvalue weighted by Crippen LogP contribution is 2.29. The van der Waals surface area contributed by atoms with E-state index in [1.807, 2.05) is 35.9 Å². The third-order valence-electron chi connectivity index (χ3n) is 4.32. The van der Waals surface area contributed by atoms with Gasteiger partial charge < -0.3 is 18.6 Å². The minimum atomic E-state index is 0.375. The van der Waals surface area contributed by atoms with Gasteiger partial charge in [-0.15, -0.1) is 10.2 Å². The number of hydrogen-bond acceptors (Lipinski definition) is 7. The Labute approximate surface area is 156 Å². The maximum absolute atomic E-state index is 6.36. The molecule has 8 nitrogen and oxygen atoms in total.